The van der Waals surface area contributed by atoms with Gasteiger partial charge in [0.15, 0.2) is 5.16 Å². The van der Waals surface area contributed by atoms with Crippen LogP contribution in [-0.2, 0) is 7.05 Å². The van der Waals surface area contributed by atoms with Crippen LogP contribution in [0.4, 0.5) is 0 Å². The maximum Gasteiger partial charge on any atom is 0.197 e. The third-order valence-corrected chi connectivity index (χ3v) is 3.56. The van der Waals surface area contributed by atoms with E-state index in [1.165, 1.54) is 11.8 Å². The minimum atomic E-state index is -0.541. The van der Waals surface area contributed by atoms with Crippen molar-refractivity contribution in [1.29, 1.82) is 0 Å². The summed E-state index contributed by atoms with van der Waals surface area (Å²) in [5.74, 6) is 0.849. The van der Waals surface area contributed by atoms with E-state index in [1.54, 1.807) is 13.1 Å². The molecule has 90 valence electrons. The molecule has 0 saturated heterocycles. The summed E-state index contributed by atoms with van der Waals surface area (Å²) in [6.07, 6.45) is 1.16. The van der Waals surface area contributed by atoms with Crippen LogP contribution in [0.3, 0.4) is 0 Å². The lowest BCUT2D eigenvalue weighted by Crippen LogP contribution is -1.98. The summed E-state index contributed by atoms with van der Waals surface area (Å²) < 4.78 is 1.89. The van der Waals surface area contributed by atoms with E-state index >= 15 is 0 Å². The third kappa shape index (κ3) is 2.48. The van der Waals surface area contributed by atoms with Crippen LogP contribution >= 0.6 is 11.8 Å². The second-order valence-electron chi connectivity index (χ2n) is 3.76. The van der Waals surface area contributed by atoms with Gasteiger partial charge < -0.3 is 9.67 Å². The summed E-state index contributed by atoms with van der Waals surface area (Å²) in [5, 5.41) is 19.2. The lowest BCUT2D eigenvalue weighted by Gasteiger charge is -2.09. The van der Waals surface area contributed by atoms with Gasteiger partial charge >= 0.3 is 0 Å². The molecule has 2 aromatic heterocycles. The number of nitrogens with zero attached hydrogens (tertiary/aromatic N) is 4. The van der Waals surface area contributed by atoms with Gasteiger partial charge in [-0.2, -0.15) is 0 Å². The van der Waals surface area contributed by atoms with Crippen LogP contribution in [0.2, 0.25) is 0 Å². The van der Waals surface area contributed by atoms with Gasteiger partial charge in [0.25, 0.3) is 0 Å². The number of aromatic nitrogens is 4. The minimum absolute atomic E-state index is 0.541. The number of aryl methyl sites for hydroxylation is 1. The Morgan fingerprint density at radius 1 is 1.41 bits per heavy atom. The molecule has 1 N–H and O–H groups in total. The topological polar surface area (TPSA) is 63.8 Å². The molecule has 0 saturated carbocycles. The summed E-state index contributed by atoms with van der Waals surface area (Å²) in [6.45, 7) is 3.62. The highest BCUT2D eigenvalue weighted by Gasteiger charge is 2.13. The molecule has 2 heterocycles. The number of pyridine rings is 1. The average molecular weight is 250 g/mol. The smallest absolute Gasteiger partial charge is 0.197 e. The first-order valence-electron chi connectivity index (χ1n) is 5.26. The molecule has 17 heavy (non-hydrogen) atoms. The number of aliphatic hydroxyl groups excluding tert-OH is 1. The van der Waals surface area contributed by atoms with E-state index in [1.807, 2.05) is 30.7 Å². The largest absolute Gasteiger partial charge is 0.389 e. The van der Waals surface area contributed by atoms with E-state index < -0.39 is 6.10 Å². The number of hydrogen-bond acceptors (Lipinski definition) is 5. The zero-order valence-corrected chi connectivity index (χ0v) is 10.8. The van der Waals surface area contributed by atoms with Crippen molar-refractivity contribution in [3.63, 3.8) is 0 Å². The standard InChI is InChI=1S/C11H14N4OS/c1-7(16)9-5-4-6-12-10(9)17-11-14-13-8(2)15(11)3/h4-7,16H,1-3H3/t7-/m1/s1. The minimum Gasteiger partial charge on any atom is -0.389 e. The first kappa shape index (κ1) is 12.1. The Morgan fingerprint density at radius 3 is 2.76 bits per heavy atom. The van der Waals surface area contributed by atoms with E-state index in [9.17, 15) is 5.11 Å². The molecule has 0 bridgehead atoms. The van der Waals surface area contributed by atoms with Gasteiger partial charge in [0, 0.05) is 18.8 Å². The van der Waals surface area contributed by atoms with Crippen molar-refractivity contribution < 1.29 is 5.11 Å². The highest BCUT2D eigenvalue weighted by atomic mass is 32.2. The molecule has 0 aliphatic heterocycles. The molecular weight excluding hydrogens is 236 g/mol. The third-order valence-electron chi connectivity index (χ3n) is 2.49. The van der Waals surface area contributed by atoms with Gasteiger partial charge in [0.05, 0.1) is 6.10 Å². The lowest BCUT2D eigenvalue weighted by atomic mass is 10.2. The highest BCUT2D eigenvalue weighted by molar-refractivity contribution is 7.99. The van der Waals surface area contributed by atoms with Crippen LogP contribution in [0.15, 0.2) is 28.5 Å². The van der Waals surface area contributed by atoms with E-state index in [0.29, 0.717) is 0 Å². The van der Waals surface area contributed by atoms with Gasteiger partial charge in [-0.15, -0.1) is 10.2 Å². The first-order chi connectivity index (χ1) is 8.09. The van der Waals surface area contributed by atoms with Gasteiger partial charge in [0.1, 0.15) is 10.9 Å². The fourth-order valence-electron chi connectivity index (χ4n) is 1.37. The van der Waals surface area contributed by atoms with Crippen molar-refractivity contribution in [3.05, 3.63) is 29.7 Å². The molecule has 0 aliphatic carbocycles. The van der Waals surface area contributed by atoms with Gasteiger partial charge in [-0.25, -0.2) is 4.98 Å². The zero-order valence-electron chi connectivity index (χ0n) is 9.95. The van der Waals surface area contributed by atoms with Crippen molar-refractivity contribution in [3.8, 4) is 0 Å². The van der Waals surface area contributed by atoms with Crippen molar-refractivity contribution in [2.75, 3.05) is 0 Å². The van der Waals surface area contributed by atoms with Crippen LogP contribution in [0.1, 0.15) is 24.4 Å². The molecule has 2 rings (SSSR count). The SMILES string of the molecule is Cc1nnc(Sc2ncccc2[C@@H](C)O)n1C. The second kappa shape index (κ2) is 4.85. The van der Waals surface area contributed by atoms with Gasteiger partial charge in [-0.3, -0.25) is 0 Å². The maximum atomic E-state index is 9.66. The fourth-order valence-corrected chi connectivity index (χ4v) is 2.36. The van der Waals surface area contributed by atoms with Gasteiger partial charge in [-0.05, 0) is 31.7 Å². The van der Waals surface area contributed by atoms with Crippen molar-refractivity contribution >= 4 is 11.8 Å². The van der Waals surface area contributed by atoms with Crippen molar-refractivity contribution in [1.82, 2.24) is 19.7 Å². The molecular formula is C11H14N4OS. The Labute approximate surface area is 104 Å². The summed E-state index contributed by atoms with van der Waals surface area (Å²) in [4.78, 5) is 4.27. The predicted octanol–water partition coefficient (Wildman–Crippen LogP) is 1.72. The Balaban J connectivity index is 2.33. The van der Waals surface area contributed by atoms with Crippen LogP contribution in [-0.4, -0.2) is 24.9 Å². The normalized spacial score (nSPS) is 12.7. The van der Waals surface area contributed by atoms with Gasteiger partial charge in [0.2, 0.25) is 0 Å². The summed E-state index contributed by atoms with van der Waals surface area (Å²) in [6, 6.07) is 3.68. The zero-order chi connectivity index (χ0) is 12.4. The van der Waals surface area contributed by atoms with Gasteiger partial charge in [-0.1, -0.05) is 6.07 Å². The highest BCUT2D eigenvalue weighted by Crippen LogP contribution is 2.30. The first-order valence-corrected chi connectivity index (χ1v) is 6.08. The second-order valence-corrected chi connectivity index (χ2v) is 4.72. The Bertz CT molecular complexity index is 524. The summed E-state index contributed by atoms with van der Waals surface area (Å²) in [5.41, 5.74) is 0.804. The molecule has 5 nitrogen and oxygen atoms in total. The quantitative estimate of drug-likeness (QED) is 0.898. The molecule has 0 radical (unpaired) electrons. The average Bonchev–Trinajstić information content (AvgIpc) is 2.61. The molecule has 0 fully saturated rings. The van der Waals surface area contributed by atoms with Crippen molar-refractivity contribution in [2.45, 2.75) is 30.1 Å². The molecule has 1 atom stereocenters. The molecule has 0 spiro atoms. The van der Waals surface area contributed by atoms with Crippen LogP contribution in [0.25, 0.3) is 0 Å². The molecule has 0 aromatic carbocycles. The van der Waals surface area contributed by atoms with E-state index in [-0.39, 0.29) is 0 Å². The molecule has 0 aliphatic rings. The van der Waals surface area contributed by atoms with E-state index in [2.05, 4.69) is 15.2 Å². The van der Waals surface area contributed by atoms with Crippen molar-refractivity contribution in [2.24, 2.45) is 7.05 Å². The van der Waals surface area contributed by atoms with Crippen LogP contribution in [0.5, 0.6) is 0 Å². The molecule has 6 heteroatoms. The van der Waals surface area contributed by atoms with Crippen LogP contribution in [0, 0.1) is 6.92 Å². The monoisotopic (exact) mass is 250 g/mol. The molecule has 0 amide bonds. The van der Waals surface area contributed by atoms with E-state index in [0.717, 1.165) is 21.6 Å². The number of rotatable bonds is 3. The molecule has 0 unspecified atom stereocenters. The summed E-state index contributed by atoms with van der Waals surface area (Å²) in [7, 11) is 1.91. The Hall–Kier alpha value is -1.40. The van der Waals surface area contributed by atoms with E-state index in [4.69, 9.17) is 0 Å². The Kier molecular flexibility index (Phi) is 3.44. The summed E-state index contributed by atoms with van der Waals surface area (Å²) >= 11 is 1.41. The fraction of sp³-hybridized carbons (Fsp3) is 0.364. The predicted molar refractivity (Wildman–Crippen MR) is 64.7 cm³/mol. The molecule has 2 aromatic rings. The number of aliphatic hydroxyl groups is 1. The van der Waals surface area contributed by atoms with Crippen LogP contribution < -0.4 is 0 Å². The maximum absolute atomic E-state index is 9.66. The number of hydrogen-bond donors (Lipinski definition) is 1. The Morgan fingerprint density at radius 2 is 2.18 bits per heavy atom. The lowest BCUT2D eigenvalue weighted by molar-refractivity contribution is 0.195.